The average Bonchev–Trinajstić information content (AvgIpc) is 3.22. The lowest BCUT2D eigenvalue weighted by Crippen LogP contribution is -2.61. The Morgan fingerprint density at radius 2 is 2.03 bits per heavy atom. The Labute approximate surface area is 180 Å². The first kappa shape index (κ1) is 19.9. The summed E-state index contributed by atoms with van der Waals surface area (Å²) >= 11 is 0. The van der Waals surface area contributed by atoms with Gasteiger partial charge in [-0.3, -0.25) is 4.68 Å². The van der Waals surface area contributed by atoms with Gasteiger partial charge in [0.25, 0.3) is 0 Å². The summed E-state index contributed by atoms with van der Waals surface area (Å²) < 4.78 is 16.8. The fourth-order valence-electron chi connectivity index (χ4n) is 4.88. The summed E-state index contributed by atoms with van der Waals surface area (Å²) in [5.74, 6) is 0.773. The van der Waals surface area contributed by atoms with E-state index in [0.29, 0.717) is 23.1 Å². The number of hydrogen-bond donors (Lipinski definition) is 2. The molecule has 0 spiro atoms. The second-order valence-electron chi connectivity index (χ2n) is 8.67. The maximum atomic E-state index is 15.0. The Bertz CT molecular complexity index is 1070. The lowest BCUT2D eigenvalue weighted by molar-refractivity contribution is 0.107. The van der Waals surface area contributed by atoms with Crippen molar-refractivity contribution in [3.05, 3.63) is 42.7 Å². The number of nitrogens with one attached hydrogen (secondary N) is 1. The Morgan fingerprint density at radius 3 is 2.74 bits per heavy atom. The molecule has 162 valence electrons. The molecular weight excluding hydrogens is 395 g/mol. The van der Waals surface area contributed by atoms with Crippen molar-refractivity contribution in [1.29, 1.82) is 0 Å². The summed E-state index contributed by atoms with van der Waals surface area (Å²) in [4.78, 5) is 1.92. The zero-order valence-electron chi connectivity index (χ0n) is 17.7. The van der Waals surface area contributed by atoms with Crippen LogP contribution in [0.15, 0.2) is 42.7 Å². The first-order valence-electron chi connectivity index (χ1n) is 10.8. The third-order valence-corrected chi connectivity index (χ3v) is 6.62. The number of rotatable bonds is 4. The number of benzene rings is 1. The van der Waals surface area contributed by atoms with Crippen molar-refractivity contribution in [3.63, 3.8) is 0 Å². The quantitative estimate of drug-likeness (QED) is 0.672. The number of fused-ring (bicyclic) bond motifs is 2. The molecule has 0 unspecified atom stereocenters. The molecule has 3 aromatic rings. The fourth-order valence-corrected chi connectivity index (χ4v) is 4.88. The van der Waals surface area contributed by atoms with E-state index in [1.807, 2.05) is 49.5 Å². The van der Waals surface area contributed by atoms with Gasteiger partial charge in [-0.25, -0.2) is 4.39 Å². The standard InChI is InChI=1S/C23H27FN6O/c1-29-13-15(12-25-29)14-6-7-17(21(31)10-14)18-8-9-22(28-27-18)30(2)20-11-16-4-3-5-19(26-16)23(20)24/h6-10,12-13,16,19-20,23,26,31H,3-5,11H2,1-2H3/t16-,19+,20-,23-/m0/s1. The van der Waals surface area contributed by atoms with Crippen molar-refractivity contribution in [2.75, 3.05) is 11.9 Å². The monoisotopic (exact) mass is 422 g/mol. The highest BCUT2D eigenvalue weighted by atomic mass is 19.1. The molecule has 1 aromatic carbocycles. The predicted molar refractivity (Wildman–Crippen MR) is 118 cm³/mol. The van der Waals surface area contributed by atoms with Crippen LogP contribution < -0.4 is 10.2 Å². The highest BCUT2D eigenvalue weighted by Crippen LogP contribution is 2.34. The number of anilines is 1. The fraction of sp³-hybridized carbons (Fsp3) is 0.435. The number of hydrogen-bond acceptors (Lipinski definition) is 6. The van der Waals surface area contributed by atoms with Crippen LogP contribution in [0.3, 0.4) is 0 Å². The van der Waals surface area contributed by atoms with Crippen LogP contribution in [0.4, 0.5) is 10.2 Å². The maximum absolute atomic E-state index is 15.0. The molecule has 4 atom stereocenters. The number of aromatic nitrogens is 4. The minimum Gasteiger partial charge on any atom is -0.507 e. The van der Waals surface area contributed by atoms with Crippen molar-refractivity contribution in [2.24, 2.45) is 7.05 Å². The van der Waals surface area contributed by atoms with Gasteiger partial charge in [-0.2, -0.15) is 5.10 Å². The van der Waals surface area contributed by atoms with Crippen molar-refractivity contribution in [3.8, 4) is 28.1 Å². The van der Waals surface area contributed by atoms with Gasteiger partial charge in [0.05, 0.1) is 17.9 Å². The normalized spacial score (nSPS) is 25.4. The van der Waals surface area contributed by atoms with E-state index < -0.39 is 6.17 Å². The highest BCUT2D eigenvalue weighted by Gasteiger charge is 2.41. The SMILES string of the molecule is CN(c1ccc(-c2ccc(-c3cnn(C)c3)cc2O)nn1)[C@H]1C[C@@H]2CCC[C@@H](N2)[C@@H]1F. The number of piperidine rings is 2. The van der Waals surface area contributed by atoms with Gasteiger partial charge < -0.3 is 15.3 Å². The number of phenols is 1. The second-order valence-corrected chi connectivity index (χ2v) is 8.67. The summed E-state index contributed by atoms with van der Waals surface area (Å²) in [5, 5.41) is 26.8. The second kappa shape index (κ2) is 7.92. The number of halogens is 1. The van der Waals surface area contributed by atoms with Crippen LogP contribution in [0.2, 0.25) is 0 Å². The van der Waals surface area contributed by atoms with Crippen molar-refractivity contribution >= 4 is 5.82 Å². The molecule has 2 bridgehead atoms. The molecule has 31 heavy (non-hydrogen) atoms. The molecular formula is C23H27FN6O. The third-order valence-electron chi connectivity index (χ3n) is 6.62. The number of phenolic OH excluding ortho intramolecular Hbond substituents is 1. The topological polar surface area (TPSA) is 79.1 Å². The van der Waals surface area contributed by atoms with Gasteiger partial charge in [-0.15, -0.1) is 10.2 Å². The highest BCUT2D eigenvalue weighted by molar-refractivity contribution is 5.73. The lowest BCUT2D eigenvalue weighted by atomic mass is 9.82. The molecule has 2 fully saturated rings. The van der Waals surface area contributed by atoms with Crippen LogP contribution in [0, 0.1) is 0 Å². The van der Waals surface area contributed by atoms with E-state index in [-0.39, 0.29) is 17.8 Å². The largest absolute Gasteiger partial charge is 0.507 e. The molecule has 2 aliphatic heterocycles. The van der Waals surface area contributed by atoms with Crippen LogP contribution >= 0.6 is 0 Å². The predicted octanol–water partition coefficient (Wildman–Crippen LogP) is 3.31. The minimum atomic E-state index is -0.924. The van der Waals surface area contributed by atoms with E-state index in [9.17, 15) is 5.11 Å². The lowest BCUT2D eigenvalue weighted by Gasteiger charge is -2.46. The smallest absolute Gasteiger partial charge is 0.151 e. The molecule has 0 aliphatic carbocycles. The summed E-state index contributed by atoms with van der Waals surface area (Å²) in [7, 11) is 3.75. The van der Waals surface area contributed by atoms with Gasteiger partial charge in [0.2, 0.25) is 0 Å². The van der Waals surface area contributed by atoms with Gasteiger partial charge in [-0.1, -0.05) is 12.5 Å². The summed E-state index contributed by atoms with van der Waals surface area (Å²) in [6.45, 7) is 0. The molecule has 8 heteroatoms. The first-order chi connectivity index (χ1) is 15.0. The van der Waals surface area contributed by atoms with E-state index >= 15 is 4.39 Å². The molecule has 2 N–H and O–H groups in total. The average molecular weight is 423 g/mol. The molecule has 2 aliphatic rings. The van der Waals surface area contributed by atoms with Gasteiger partial charge in [-0.05, 0) is 49.1 Å². The number of alkyl halides is 1. The zero-order chi connectivity index (χ0) is 21.5. The number of aromatic hydroxyl groups is 1. The molecule has 2 aromatic heterocycles. The first-order valence-corrected chi connectivity index (χ1v) is 10.8. The Kier molecular flexibility index (Phi) is 5.09. The van der Waals surface area contributed by atoms with Crippen molar-refractivity contribution < 1.29 is 9.50 Å². The molecule has 0 radical (unpaired) electrons. The molecule has 0 amide bonds. The van der Waals surface area contributed by atoms with Gasteiger partial charge in [0, 0.05) is 43.5 Å². The van der Waals surface area contributed by atoms with Gasteiger partial charge >= 0.3 is 0 Å². The summed E-state index contributed by atoms with van der Waals surface area (Å²) in [5.41, 5.74) is 2.99. The molecule has 4 heterocycles. The van der Waals surface area contributed by atoms with Gasteiger partial charge in [0.1, 0.15) is 11.9 Å². The van der Waals surface area contributed by atoms with Crippen LogP contribution in [-0.4, -0.2) is 56.4 Å². The molecule has 2 saturated heterocycles. The zero-order valence-corrected chi connectivity index (χ0v) is 17.7. The number of nitrogens with zero attached hydrogens (tertiary/aromatic N) is 5. The van der Waals surface area contributed by atoms with Crippen molar-refractivity contribution in [2.45, 2.75) is 50.0 Å². The van der Waals surface area contributed by atoms with E-state index in [1.54, 1.807) is 16.9 Å². The Morgan fingerprint density at radius 1 is 1.16 bits per heavy atom. The van der Waals surface area contributed by atoms with Crippen LogP contribution in [0.5, 0.6) is 5.75 Å². The van der Waals surface area contributed by atoms with E-state index in [1.165, 1.54) is 0 Å². The molecule has 7 nitrogen and oxygen atoms in total. The molecule has 5 rings (SSSR count). The Balaban J connectivity index is 1.35. The Hall–Kier alpha value is -3.00. The van der Waals surface area contributed by atoms with Crippen molar-refractivity contribution in [1.82, 2.24) is 25.3 Å². The van der Waals surface area contributed by atoms with E-state index in [0.717, 1.165) is 36.8 Å². The molecule has 0 saturated carbocycles. The maximum Gasteiger partial charge on any atom is 0.151 e. The third kappa shape index (κ3) is 3.76. The summed E-state index contributed by atoms with van der Waals surface area (Å²) in [6, 6.07) is 9.24. The number of aryl methyl sites for hydroxylation is 1. The van der Waals surface area contributed by atoms with E-state index in [4.69, 9.17) is 0 Å². The van der Waals surface area contributed by atoms with Crippen LogP contribution in [0.25, 0.3) is 22.4 Å². The van der Waals surface area contributed by atoms with Gasteiger partial charge in [0.15, 0.2) is 5.82 Å². The van der Waals surface area contributed by atoms with Crippen LogP contribution in [-0.2, 0) is 7.05 Å². The minimum absolute atomic E-state index is 0.0672. The van der Waals surface area contributed by atoms with E-state index in [2.05, 4.69) is 20.6 Å². The van der Waals surface area contributed by atoms with Crippen LogP contribution in [0.1, 0.15) is 25.7 Å². The summed E-state index contributed by atoms with van der Waals surface area (Å²) in [6.07, 6.45) is 6.59.